The maximum Gasteiger partial charge on any atom is 2.00 e. The van der Waals surface area contributed by atoms with Crippen LogP contribution in [0.25, 0.3) is 0 Å². The van der Waals surface area contributed by atoms with E-state index in [1.807, 2.05) is 0 Å². The average molecular weight is 276 g/mol. The SMILES string of the molecule is O=P(O)(O)O.O=S(=O)([O-])O.[Cu+2].[OH-]. The average Bonchev–Trinajstić information content (AvgIpc) is 1.12. The molecule has 5 N–H and O–H groups in total. The van der Waals surface area contributed by atoms with Gasteiger partial charge in [0.1, 0.15) is 0 Å². The molecule has 0 saturated heterocycles. The van der Waals surface area contributed by atoms with E-state index >= 15 is 0 Å². The van der Waals surface area contributed by atoms with E-state index in [4.69, 9.17) is 36.8 Å². The first kappa shape index (κ1) is 22.9. The molecule has 0 aromatic heterocycles. The van der Waals surface area contributed by atoms with Gasteiger partial charge in [0.05, 0.1) is 0 Å². The molecule has 0 unspecified atom stereocenters. The molecule has 0 fully saturated rings. The van der Waals surface area contributed by atoms with Crippen LogP contribution in [0.5, 0.6) is 0 Å². The Bertz CT molecular complexity index is 192. The predicted octanol–water partition coefficient (Wildman–Crippen LogP) is -2.10. The number of hydrogen-bond acceptors (Lipinski definition) is 5. The first-order chi connectivity index (χ1) is 4.00. The van der Waals surface area contributed by atoms with E-state index in [9.17, 15) is 0 Å². The zero-order valence-corrected chi connectivity index (χ0v) is 7.68. The summed E-state index contributed by atoms with van der Waals surface area (Å²) in [5.41, 5.74) is 0. The number of phosphoric acid groups is 1. The van der Waals surface area contributed by atoms with Gasteiger partial charge >= 0.3 is 24.9 Å². The number of hydrogen-bond donors (Lipinski definition) is 4. The molecule has 0 aliphatic carbocycles. The Labute approximate surface area is 78.0 Å². The van der Waals surface area contributed by atoms with Gasteiger partial charge in [-0.05, 0) is 0 Å². The largest absolute Gasteiger partial charge is 2.00 e. The second-order valence-corrected chi connectivity index (χ2v) is 2.82. The van der Waals surface area contributed by atoms with Crippen LogP contribution < -0.4 is 0 Å². The summed E-state index contributed by atoms with van der Waals surface area (Å²) < 4.78 is 41.7. The van der Waals surface area contributed by atoms with Gasteiger partial charge in [-0.2, -0.15) is 0 Å². The summed E-state index contributed by atoms with van der Waals surface area (Å²) in [6.07, 6.45) is 0. The van der Waals surface area contributed by atoms with Crippen LogP contribution in [0.15, 0.2) is 0 Å². The van der Waals surface area contributed by atoms with Crippen LogP contribution >= 0.6 is 7.82 Å². The molecule has 9 nitrogen and oxygen atoms in total. The predicted molar refractivity (Wildman–Crippen MR) is 28.5 cm³/mol. The van der Waals surface area contributed by atoms with Gasteiger partial charge in [0, 0.05) is 0 Å². The fourth-order valence-corrected chi connectivity index (χ4v) is 0. The Kier molecular flexibility index (Phi) is 15.4. The van der Waals surface area contributed by atoms with Crippen molar-refractivity contribution in [2.45, 2.75) is 0 Å². The molecule has 0 spiro atoms. The third-order valence-electron chi connectivity index (χ3n) is 0. The Hall–Kier alpha value is 0.459. The first-order valence-electron chi connectivity index (χ1n) is 1.47. The number of rotatable bonds is 0. The zero-order chi connectivity index (χ0) is 9.00. The standard InChI is InChI=1S/Cu.H3O4P.H2O4S.H2O/c;2*1-5(2,3)4;/h;(H3,1,2,3,4);(H2,1,2,3,4);1H2/q+2;;;/p-2. The van der Waals surface area contributed by atoms with Crippen molar-refractivity contribution in [1.29, 1.82) is 0 Å². The summed E-state index contributed by atoms with van der Waals surface area (Å²) in [6, 6.07) is 0. The summed E-state index contributed by atoms with van der Waals surface area (Å²) in [7, 11) is -9.56. The molecule has 0 atom stereocenters. The van der Waals surface area contributed by atoms with Gasteiger partial charge in [-0.15, -0.1) is 0 Å². The fraction of sp³-hybridized carbons (Fsp3) is 0. The molecule has 1 radical (unpaired) electrons. The summed E-state index contributed by atoms with van der Waals surface area (Å²) >= 11 is 0. The van der Waals surface area contributed by atoms with Crippen LogP contribution in [0.2, 0.25) is 0 Å². The van der Waals surface area contributed by atoms with Gasteiger partial charge in [-0.3, -0.25) is 4.55 Å². The van der Waals surface area contributed by atoms with Crippen LogP contribution in [0.3, 0.4) is 0 Å². The van der Waals surface area contributed by atoms with Gasteiger partial charge in [0.15, 0.2) is 0 Å². The molecule has 0 amide bonds. The third kappa shape index (κ3) is 4430. The Morgan fingerprint density at radius 1 is 1.17 bits per heavy atom. The normalized spacial score (nSPS) is 9.75. The van der Waals surface area contributed by atoms with Crippen LogP contribution in [0, 0.1) is 0 Å². The molecule has 0 aromatic rings. The summed E-state index contributed by atoms with van der Waals surface area (Å²) in [6.45, 7) is 0. The molecule has 81 valence electrons. The van der Waals surface area contributed by atoms with E-state index in [1.165, 1.54) is 0 Å². The van der Waals surface area contributed by atoms with Crippen molar-refractivity contribution in [3.8, 4) is 0 Å². The Morgan fingerprint density at radius 2 is 1.17 bits per heavy atom. The molecule has 0 aromatic carbocycles. The molecule has 0 heterocycles. The minimum Gasteiger partial charge on any atom is -0.870 e. The topological polar surface area (TPSA) is 185 Å². The van der Waals surface area contributed by atoms with Gasteiger partial charge in [0.25, 0.3) is 0 Å². The summed E-state index contributed by atoms with van der Waals surface area (Å²) in [5.74, 6) is 0. The first-order valence-corrected chi connectivity index (χ1v) is 4.40. The second-order valence-electron chi connectivity index (χ2n) is 0.941. The summed E-state index contributed by atoms with van der Waals surface area (Å²) in [5, 5.41) is 0. The van der Waals surface area contributed by atoms with E-state index in [1.54, 1.807) is 0 Å². The van der Waals surface area contributed by atoms with Gasteiger partial charge in [-0.1, -0.05) is 0 Å². The molecular weight excluding hydrogens is 271 g/mol. The van der Waals surface area contributed by atoms with Gasteiger partial charge < -0.3 is 24.7 Å². The maximum absolute atomic E-state index is 8.88. The van der Waals surface area contributed by atoms with E-state index < -0.39 is 18.2 Å². The monoisotopic (exact) mass is 275 g/mol. The minimum atomic E-state index is -4.92. The molecule has 12 heavy (non-hydrogen) atoms. The van der Waals surface area contributed by atoms with Crippen molar-refractivity contribution < 1.29 is 59.3 Å². The smallest absolute Gasteiger partial charge is 0.870 e. The summed E-state index contributed by atoms with van der Waals surface area (Å²) in [4.78, 5) is 21.6. The Balaban J connectivity index is -0.0000000457. The van der Waals surface area contributed by atoms with Crippen molar-refractivity contribution >= 4 is 18.2 Å². The van der Waals surface area contributed by atoms with Gasteiger partial charge in [0.2, 0.25) is 10.4 Å². The van der Waals surface area contributed by atoms with E-state index in [-0.39, 0.29) is 22.5 Å². The van der Waals surface area contributed by atoms with E-state index in [0.29, 0.717) is 0 Å². The zero-order valence-electron chi connectivity index (χ0n) is 5.03. The van der Waals surface area contributed by atoms with Crippen molar-refractivity contribution in [2.24, 2.45) is 0 Å². The van der Waals surface area contributed by atoms with Crippen LogP contribution in [-0.4, -0.2) is 37.7 Å². The molecule has 0 bridgehead atoms. The van der Waals surface area contributed by atoms with Crippen molar-refractivity contribution in [3.63, 3.8) is 0 Å². The van der Waals surface area contributed by atoms with E-state index in [2.05, 4.69) is 0 Å². The minimum absolute atomic E-state index is 0. The van der Waals surface area contributed by atoms with Crippen LogP contribution in [-0.2, 0) is 32.0 Å². The second kappa shape index (κ2) is 8.08. The molecule has 0 aliphatic rings. The maximum atomic E-state index is 8.88. The van der Waals surface area contributed by atoms with Crippen molar-refractivity contribution in [3.05, 3.63) is 0 Å². The quantitative estimate of drug-likeness (QED) is 0.166. The van der Waals surface area contributed by atoms with Crippen molar-refractivity contribution in [1.82, 2.24) is 0 Å². The van der Waals surface area contributed by atoms with Crippen LogP contribution in [0.1, 0.15) is 0 Å². The molecule has 0 aliphatic heterocycles. The Morgan fingerprint density at radius 3 is 1.17 bits per heavy atom. The van der Waals surface area contributed by atoms with Crippen LogP contribution in [0.4, 0.5) is 0 Å². The fourth-order valence-electron chi connectivity index (χ4n) is 0. The van der Waals surface area contributed by atoms with Crippen molar-refractivity contribution in [2.75, 3.05) is 0 Å². The molecule has 0 rings (SSSR count). The van der Waals surface area contributed by atoms with Gasteiger partial charge in [-0.25, -0.2) is 13.0 Å². The van der Waals surface area contributed by atoms with E-state index in [0.717, 1.165) is 0 Å². The molecule has 0 saturated carbocycles. The molecule has 12 heteroatoms. The molecular formula is H5CuO9PS. The third-order valence-corrected chi connectivity index (χ3v) is 0.